The highest BCUT2D eigenvalue weighted by molar-refractivity contribution is 9.10. The van der Waals surface area contributed by atoms with Crippen molar-refractivity contribution in [3.63, 3.8) is 0 Å². The highest BCUT2D eigenvalue weighted by atomic mass is 79.9. The van der Waals surface area contributed by atoms with Crippen LogP contribution in [0, 0.1) is 5.82 Å². The van der Waals surface area contributed by atoms with E-state index < -0.39 is 0 Å². The third-order valence-electron chi connectivity index (χ3n) is 2.44. The van der Waals surface area contributed by atoms with Crippen LogP contribution in [-0.2, 0) is 6.54 Å². The average molecular weight is 315 g/mol. The van der Waals surface area contributed by atoms with Crippen LogP contribution in [0.3, 0.4) is 0 Å². The summed E-state index contributed by atoms with van der Waals surface area (Å²) in [5, 5.41) is 6.38. The maximum atomic E-state index is 12.9. The molecule has 1 atom stereocenters. The van der Waals surface area contributed by atoms with Gasteiger partial charge < -0.3 is 5.32 Å². The Kier molecular flexibility index (Phi) is 4.25. The fraction of sp³-hybridized carbons (Fsp3) is 0.250. The van der Waals surface area contributed by atoms with Gasteiger partial charge in [0, 0.05) is 22.6 Å². The van der Waals surface area contributed by atoms with Gasteiger partial charge in [-0.1, -0.05) is 22.0 Å². The van der Waals surface area contributed by atoms with Gasteiger partial charge in [-0.3, -0.25) is 0 Å². The summed E-state index contributed by atoms with van der Waals surface area (Å²) in [5.74, 6) is -0.228. The van der Waals surface area contributed by atoms with Gasteiger partial charge in [0.2, 0.25) is 0 Å². The monoisotopic (exact) mass is 314 g/mol. The Hall–Kier alpha value is -0.780. The first kappa shape index (κ1) is 12.7. The van der Waals surface area contributed by atoms with E-state index >= 15 is 0 Å². The number of nitrogens with one attached hydrogen (secondary N) is 1. The molecule has 2 rings (SSSR count). The molecule has 5 heteroatoms. The van der Waals surface area contributed by atoms with E-state index in [0.29, 0.717) is 6.54 Å². The number of thiazole rings is 1. The first-order valence-electron chi connectivity index (χ1n) is 5.23. The van der Waals surface area contributed by atoms with Crippen molar-refractivity contribution >= 4 is 27.3 Å². The molecule has 0 amide bonds. The van der Waals surface area contributed by atoms with E-state index in [1.54, 1.807) is 23.6 Å². The van der Waals surface area contributed by atoms with Crippen LogP contribution in [0.15, 0.2) is 34.2 Å². The summed E-state index contributed by atoms with van der Waals surface area (Å²) < 4.78 is 13.7. The Morgan fingerprint density at radius 2 is 2.35 bits per heavy atom. The minimum Gasteiger partial charge on any atom is -0.304 e. The van der Waals surface area contributed by atoms with E-state index in [2.05, 4.69) is 33.2 Å². The van der Waals surface area contributed by atoms with Gasteiger partial charge in [-0.25, -0.2) is 9.37 Å². The molecule has 0 saturated heterocycles. The Morgan fingerprint density at radius 3 is 3.00 bits per heavy atom. The summed E-state index contributed by atoms with van der Waals surface area (Å²) in [6.07, 6.45) is 1.80. The predicted octanol–water partition coefficient (Wildman–Crippen LogP) is 3.90. The maximum Gasteiger partial charge on any atom is 0.124 e. The Bertz CT molecular complexity index is 487. The number of benzene rings is 1. The van der Waals surface area contributed by atoms with Crippen LogP contribution in [-0.4, -0.2) is 4.98 Å². The van der Waals surface area contributed by atoms with Crippen molar-refractivity contribution in [2.75, 3.05) is 0 Å². The second-order valence-corrected chi connectivity index (χ2v) is 5.49. The largest absolute Gasteiger partial charge is 0.304 e. The molecule has 1 aromatic heterocycles. The number of nitrogens with zero attached hydrogens (tertiary/aromatic N) is 1. The van der Waals surface area contributed by atoms with E-state index in [4.69, 9.17) is 0 Å². The first-order chi connectivity index (χ1) is 8.16. The zero-order valence-corrected chi connectivity index (χ0v) is 11.7. The molecule has 1 aromatic carbocycles. The summed E-state index contributed by atoms with van der Waals surface area (Å²) in [7, 11) is 0. The van der Waals surface area contributed by atoms with E-state index in [0.717, 1.165) is 15.0 Å². The van der Waals surface area contributed by atoms with Crippen molar-refractivity contribution in [3.8, 4) is 0 Å². The lowest BCUT2D eigenvalue weighted by atomic mass is 10.2. The molecule has 0 aliphatic carbocycles. The number of hydrogen-bond acceptors (Lipinski definition) is 3. The normalized spacial score (nSPS) is 12.6. The highest BCUT2D eigenvalue weighted by Gasteiger charge is 2.08. The lowest BCUT2D eigenvalue weighted by Crippen LogP contribution is -2.18. The number of hydrogen-bond donors (Lipinski definition) is 1. The van der Waals surface area contributed by atoms with Gasteiger partial charge in [-0.2, -0.15) is 0 Å². The van der Waals surface area contributed by atoms with Gasteiger partial charge in [0.25, 0.3) is 0 Å². The van der Waals surface area contributed by atoms with Crippen LogP contribution in [0.5, 0.6) is 0 Å². The molecule has 2 nitrogen and oxygen atoms in total. The standard InChI is InChI=1S/C12H12BrFN2S/c1-8(12-15-4-5-17-12)16-7-9-2-3-10(14)6-11(9)13/h2-6,8,16H,7H2,1H3. The second kappa shape index (κ2) is 5.71. The molecule has 17 heavy (non-hydrogen) atoms. The van der Waals surface area contributed by atoms with Crippen molar-refractivity contribution in [3.05, 3.63) is 50.6 Å². The topological polar surface area (TPSA) is 24.9 Å². The van der Waals surface area contributed by atoms with Crippen molar-refractivity contribution in [2.45, 2.75) is 19.5 Å². The SMILES string of the molecule is CC(NCc1ccc(F)cc1Br)c1nccs1. The minimum atomic E-state index is -0.228. The van der Waals surface area contributed by atoms with Crippen molar-refractivity contribution in [2.24, 2.45) is 0 Å². The smallest absolute Gasteiger partial charge is 0.124 e. The summed E-state index contributed by atoms with van der Waals surface area (Å²) in [6, 6.07) is 4.92. The molecule has 0 saturated carbocycles. The average Bonchev–Trinajstić information content (AvgIpc) is 2.81. The van der Waals surface area contributed by atoms with Gasteiger partial charge in [-0.15, -0.1) is 11.3 Å². The third-order valence-corrected chi connectivity index (χ3v) is 4.13. The summed E-state index contributed by atoms with van der Waals surface area (Å²) in [6.45, 7) is 2.75. The van der Waals surface area contributed by atoms with E-state index in [9.17, 15) is 4.39 Å². The fourth-order valence-electron chi connectivity index (χ4n) is 1.46. The predicted molar refractivity (Wildman–Crippen MR) is 71.5 cm³/mol. The van der Waals surface area contributed by atoms with Crippen molar-refractivity contribution in [1.82, 2.24) is 10.3 Å². The summed E-state index contributed by atoms with van der Waals surface area (Å²) >= 11 is 4.98. The quantitative estimate of drug-likeness (QED) is 0.926. The summed E-state index contributed by atoms with van der Waals surface area (Å²) in [4.78, 5) is 4.25. The van der Waals surface area contributed by atoms with E-state index in [1.165, 1.54) is 12.1 Å². The molecule has 1 unspecified atom stereocenters. The van der Waals surface area contributed by atoms with Crippen LogP contribution in [0.4, 0.5) is 4.39 Å². The zero-order valence-electron chi connectivity index (χ0n) is 9.28. The van der Waals surface area contributed by atoms with Crippen molar-refractivity contribution in [1.29, 1.82) is 0 Å². The van der Waals surface area contributed by atoms with Gasteiger partial charge >= 0.3 is 0 Å². The van der Waals surface area contributed by atoms with Crippen LogP contribution in [0.1, 0.15) is 23.5 Å². The number of rotatable bonds is 4. The van der Waals surface area contributed by atoms with Crippen LogP contribution < -0.4 is 5.32 Å². The van der Waals surface area contributed by atoms with E-state index in [1.807, 2.05) is 5.38 Å². The summed E-state index contributed by atoms with van der Waals surface area (Å²) in [5.41, 5.74) is 1.04. The van der Waals surface area contributed by atoms with Crippen LogP contribution in [0.25, 0.3) is 0 Å². The fourth-order valence-corrected chi connectivity index (χ4v) is 2.63. The Balaban J connectivity index is 1.98. The molecule has 0 fully saturated rings. The molecule has 0 aliphatic heterocycles. The molecule has 2 aromatic rings. The number of halogens is 2. The van der Waals surface area contributed by atoms with Gasteiger partial charge in [0.1, 0.15) is 10.8 Å². The van der Waals surface area contributed by atoms with Gasteiger partial charge in [0.15, 0.2) is 0 Å². The first-order valence-corrected chi connectivity index (χ1v) is 6.91. The molecular formula is C12H12BrFN2S. The van der Waals surface area contributed by atoms with Crippen molar-refractivity contribution < 1.29 is 4.39 Å². The lowest BCUT2D eigenvalue weighted by Gasteiger charge is -2.12. The minimum absolute atomic E-state index is 0.201. The highest BCUT2D eigenvalue weighted by Crippen LogP contribution is 2.20. The maximum absolute atomic E-state index is 12.9. The Morgan fingerprint density at radius 1 is 1.53 bits per heavy atom. The molecular weight excluding hydrogens is 303 g/mol. The molecule has 0 radical (unpaired) electrons. The molecule has 1 heterocycles. The van der Waals surface area contributed by atoms with Gasteiger partial charge in [0.05, 0.1) is 6.04 Å². The second-order valence-electron chi connectivity index (χ2n) is 3.71. The number of aromatic nitrogens is 1. The lowest BCUT2D eigenvalue weighted by molar-refractivity contribution is 0.569. The molecule has 90 valence electrons. The third kappa shape index (κ3) is 3.34. The zero-order chi connectivity index (χ0) is 12.3. The molecule has 0 bridgehead atoms. The molecule has 0 aliphatic rings. The molecule has 0 spiro atoms. The van der Waals surface area contributed by atoms with Gasteiger partial charge in [-0.05, 0) is 24.6 Å². The van der Waals surface area contributed by atoms with Crippen LogP contribution in [0.2, 0.25) is 0 Å². The van der Waals surface area contributed by atoms with Crippen LogP contribution >= 0.6 is 27.3 Å². The van der Waals surface area contributed by atoms with E-state index in [-0.39, 0.29) is 11.9 Å². The Labute approximate surface area is 112 Å². The molecule has 1 N–H and O–H groups in total.